The van der Waals surface area contributed by atoms with Crippen molar-refractivity contribution in [3.05, 3.63) is 72.2 Å². The molecule has 1 aliphatic carbocycles. The van der Waals surface area contributed by atoms with E-state index in [4.69, 9.17) is 0 Å². The smallest absolute Gasteiger partial charge is 0.404 e. The van der Waals surface area contributed by atoms with Crippen molar-refractivity contribution in [2.24, 2.45) is 0 Å². The molecule has 1 aromatic heterocycles. The molecule has 1 saturated heterocycles. The zero-order valence-corrected chi connectivity index (χ0v) is 22.2. The summed E-state index contributed by atoms with van der Waals surface area (Å²) >= 11 is 0. The molecule has 2 heterocycles. The van der Waals surface area contributed by atoms with Gasteiger partial charge in [-0.15, -0.1) is 0 Å². The first-order valence-electron chi connectivity index (χ1n) is 13.7. The summed E-state index contributed by atoms with van der Waals surface area (Å²) in [5.74, 6) is -1.50. The van der Waals surface area contributed by atoms with Crippen molar-refractivity contribution in [3.63, 3.8) is 0 Å². The largest absolute Gasteiger partial charge is 0.465 e. The highest BCUT2D eigenvalue weighted by Crippen LogP contribution is 2.35. The fourth-order valence-corrected chi connectivity index (χ4v) is 5.88. The molecule has 0 spiro atoms. The van der Waals surface area contributed by atoms with Gasteiger partial charge in [0.1, 0.15) is 11.6 Å². The van der Waals surface area contributed by atoms with Crippen molar-refractivity contribution in [1.29, 1.82) is 0 Å². The van der Waals surface area contributed by atoms with Gasteiger partial charge in [-0.2, -0.15) is 0 Å². The van der Waals surface area contributed by atoms with Crippen LogP contribution < -0.4 is 16.0 Å². The Morgan fingerprint density at radius 1 is 1.07 bits per heavy atom. The Morgan fingerprint density at radius 2 is 1.82 bits per heavy atom. The van der Waals surface area contributed by atoms with Gasteiger partial charge in [0.2, 0.25) is 0 Å². The number of rotatable bonds is 8. The third-order valence-electron chi connectivity index (χ3n) is 7.72. The molecule has 0 bridgehead atoms. The quantitative estimate of drug-likeness (QED) is 0.328. The van der Waals surface area contributed by atoms with Gasteiger partial charge in [0.05, 0.1) is 24.1 Å². The number of carbonyl (C=O) groups is 2. The normalized spacial score (nSPS) is 21.1. The number of anilines is 1. The van der Waals surface area contributed by atoms with Crippen LogP contribution in [0.25, 0.3) is 11.3 Å². The Hall–Kier alpha value is -3.99. The van der Waals surface area contributed by atoms with Crippen LogP contribution in [-0.4, -0.2) is 69.8 Å². The fraction of sp³-hybridized carbons (Fsp3) is 0.414. The van der Waals surface area contributed by atoms with E-state index < -0.39 is 17.7 Å². The molecule has 4 N–H and O–H groups in total. The van der Waals surface area contributed by atoms with Gasteiger partial charge in [-0.3, -0.25) is 4.79 Å². The number of halogens is 2. The van der Waals surface area contributed by atoms with E-state index in [0.717, 1.165) is 37.3 Å². The molecule has 1 aliphatic heterocycles. The van der Waals surface area contributed by atoms with E-state index in [1.54, 1.807) is 6.33 Å². The Balaban J connectivity index is 1.40. The second kappa shape index (κ2) is 12.5. The Kier molecular flexibility index (Phi) is 8.59. The molecule has 2 aromatic carbocycles. The minimum absolute atomic E-state index is 0.156. The highest BCUT2D eigenvalue weighted by atomic mass is 19.1. The van der Waals surface area contributed by atoms with E-state index >= 15 is 0 Å². The van der Waals surface area contributed by atoms with E-state index in [0.29, 0.717) is 49.7 Å². The highest BCUT2D eigenvalue weighted by Gasteiger charge is 2.35. The number of piperazine rings is 1. The van der Waals surface area contributed by atoms with Crippen molar-refractivity contribution in [2.45, 2.75) is 50.2 Å². The maximum Gasteiger partial charge on any atom is 0.404 e. The molecule has 5 rings (SSSR count). The van der Waals surface area contributed by atoms with Gasteiger partial charge in [-0.25, -0.2) is 18.6 Å². The fourth-order valence-electron chi connectivity index (χ4n) is 5.88. The van der Waals surface area contributed by atoms with Crippen molar-refractivity contribution >= 4 is 17.7 Å². The first-order valence-corrected chi connectivity index (χ1v) is 13.7. The number of hydrogen-bond donors (Lipinski definition) is 4. The van der Waals surface area contributed by atoms with Crippen molar-refractivity contribution < 1.29 is 23.5 Å². The summed E-state index contributed by atoms with van der Waals surface area (Å²) < 4.78 is 29.1. The number of nitrogens with zero attached hydrogens (tertiary/aromatic N) is 3. The average Bonchev–Trinajstić information content (AvgIpc) is 3.38. The molecule has 40 heavy (non-hydrogen) atoms. The molecule has 9 nitrogen and oxygen atoms in total. The number of amides is 2. The maximum absolute atomic E-state index is 14.1. The zero-order valence-electron chi connectivity index (χ0n) is 22.2. The second-order valence-electron chi connectivity index (χ2n) is 10.4. The first-order chi connectivity index (χ1) is 19.4. The number of carbonyl (C=O) groups excluding carboxylic acids is 1. The van der Waals surface area contributed by atoms with Gasteiger partial charge in [0.25, 0.3) is 5.91 Å². The Bertz CT molecular complexity index is 1310. The summed E-state index contributed by atoms with van der Waals surface area (Å²) in [5.41, 5.74) is 2.20. The van der Waals surface area contributed by atoms with Crippen molar-refractivity contribution in [1.82, 2.24) is 25.1 Å². The SMILES string of the molecule is O=C(O)N[C@H]1CCCC[C@@H]1n1cnc(C(=O)N2CCNC[C@H]2CCNc2cc(F)cc(F)c2)c1-c1ccccc1. The summed E-state index contributed by atoms with van der Waals surface area (Å²) in [4.78, 5) is 32.0. The van der Waals surface area contributed by atoms with Crippen LogP contribution in [0.5, 0.6) is 0 Å². The summed E-state index contributed by atoms with van der Waals surface area (Å²) in [6.07, 6.45) is 4.55. The summed E-state index contributed by atoms with van der Waals surface area (Å²) in [6, 6.07) is 12.3. The Morgan fingerprint density at radius 3 is 2.58 bits per heavy atom. The molecule has 1 saturated carbocycles. The molecular formula is C29H34F2N6O3. The van der Waals surface area contributed by atoms with Crippen LogP contribution in [0, 0.1) is 11.6 Å². The number of hydrogen-bond acceptors (Lipinski definition) is 5. The molecule has 2 amide bonds. The van der Waals surface area contributed by atoms with Gasteiger partial charge < -0.3 is 30.5 Å². The number of nitrogens with one attached hydrogen (secondary N) is 3. The highest BCUT2D eigenvalue weighted by molar-refractivity contribution is 5.98. The Labute approximate surface area is 231 Å². The number of aromatic nitrogens is 2. The second-order valence-corrected chi connectivity index (χ2v) is 10.4. The summed E-state index contributed by atoms with van der Waals surface area (Å²) in [7, 11) is 0. The lowest BCUT2D eigenvalue weighted by Gasteiger charge is -2.36. The standard InChI is InChI=1S/C29H34F2N6O3/c30-20-14-21(31)16-22(15-20)33-11-10-23-17-32-12-13-36(23)28(38)26-27(19-6-2-1-3-7-19)37(18-34-26)25-9-5-4-8-24(25)35-29(39)40/h1-3,6-7,14-16,18,23-25,32-33,35H,4-5,8-13,17H2,(H,39,40)/t23-,24+,25+/m1/s1. The monoisotopic (exact) mass is 552 g/mol. The number of benzene rings is 2. The summed E-state index contributed by atoms with van der Waals surface area (Å²) in [6.45, 7) is 2.13. The van der Waals surface area contributed by atoms with Crippen LogP contribution in [0.4, 0.5) is 19.3 Å². The van der Waals surface area contributed by atoms with Crippen molar-refractivity contribution in [2.75, 3.05) is 31.5 Å². The molecule has 0 unspecified atom stereocenters. The van der Waals surface area contributed by atoms with Gasteiger partial charge in [0.15, 0.2) is 5.69 Å². The number of imidazole rings is 1. The molecule has 212 valence electrons. The topological polar surface area (TPSA) is 112 Å². The lowest BCUT2D eigenvalue weighted by molar-refractivity contribution is 0.0624. The van der Waals surface area contributed by atoms with E-state index in [-0.39, 0.29) is 24.0 Å². The molecule has 11 heteroatoms. The van der Waals surface area contributed by atoms with Crippen LogP contribution >= 0.6 is 0 Å². The van der Waals surface area contributed by atoms with E-state index in [9.17, 15) is 23.5 Å². The van der Waals surface area contributed by atoms with E-state index in [1.807, 2.05) is 39.8 Å². The predicted molar refractivity (Wildman–Crippen MR) is 147 cm³/mol. The molecule has 3 aromatic rings. The molecule has 3 atom stereocenters. The van der Waals surface area contributed by atoms with Gasteiger partial charge >= 0.3 is 6.09 Å². The van der Waals surface area contributed by atoms with E-state index in [2.05, 4.69) is 20.9 Å². The zero-order chi connectivity index (χ0) is 28.1. The van der Waals surface area contributed by atoms with Crippen LogP contribution in [0.2, 0.25) is 0 Å². The first kappa shape index (κ1) is 27.6. The molecular weight excluding hydrogens is 518 g/mol. The van der Waals surface area contributed by atoms with Gasteiger partial charge in [-0.05, 0) is 31.4 Å². The molecule has 0 radical (unpaired) electrons. The molecule has 2 fully saturated rings. The minimum atomic E-state index is -1.06. The van der Waals surface area contributed by atoms with Crippen molar-refractivity contribution in [3.8, 4) is 11.3 Å². The predicted octanol–water partition coefficient (Wildman–Crippen LogP) is 4.50. The lowest BCUT2D eigenvalue weighted by atomic mass is 9.89. The van der Waals surface area contributed by atoms with Gasteiger partial charge in [0, 0.05) is 49.5 Å². The number of carboxylic acid groups (broad SMARTS) is 1. The van der Waals surface area contributed by atoms with Gasteiger partial charge in [-0.1, -0.05) is 43.2 Å². The van der Waals surface area contributed by atoms with Crippen LogP contribution in [-0.2, 0) is 0 Å². The van der Waals surface area contributed by atoms with Crippen LogP contribution in [0.1, 0.15) is 48.6 Å². The third-order valence-corrected chi connectivity index (χ3v) is 7.72. The summed E-state index contributed by atoms with van der Waals surface area (Å²) in [5, 5.41) is 18.5. The van der Waals surface area contributed by atoms with Crippen LogP contribution in [0.3, 0.4) is 0 Å². The minimum Gasteiger partial charge on any atom is -0.465 e. The van der Waals surface area contributed by atoms with Crippen LogP contribution in [0.15, 0.2) is 54.9 Å². The average molecular weight is 553 g/mol. The third kappa shape index (κ3) is 6.25. The van der Waals surface area contributed by atoms with E-state index in [1.165, 1.54) is 12.1 Å². The molecule has 2 aliphatic rings. The maximum atomic E-state index is 14.1. The lowest BCUT2D eigenvalue weighted by Crippen LogP contribution is -2.54.